The Morgan fingerprint density at radius 1 is 1.60 bits per heavy atom. The maximum Gasteiger partial charge on any atom is 0.0911 e. The molecule has 0 unspecified atom stereocenters. The van der Waals surface area contributed by atoms with Crippen LogP contribution in [0.1, 0.15) is 6.42 Å². The fraction of sp³-hybridized carbons (Fsp3) is 0.429. The third-order valence-electron chi connectivity index (χ3n) is 1.32. The van der Waals surface area contributed by atoms with Gasteiger partial charge in [-0.15, -0.1) is 0 Å². The zero-order valence-corrected chi connectivity index (χ0v) is 5.76. The van der Waals surface area contributed by atoms with Crippen molar-refractivity contribution in [2.45, 2.75) is 13.0 Å². The van der Waals surface area contributed by atoms with Crippen LogP contribution in [0.3, 0.4) is 0 Å². The quantitative estimate of drug-likeness (QED) is 0.680. The van der Waals surface area contributed by atoms with Gasteiger partial charge in [0.2, 0.25) is 0 Å². The summed E-state index contributed by atoms with van der Waals surface area (Å²) in [5.74, 6) is 0. The van der Waals surface area contributed by atoms with Gasteiger partial charge in [-0.2, -0.15) is 0 Å². The van der Waals surface area contributed by atoms with E-state index in [1.54, 1.807) is 12.3 Å². The molecule has 1 rings (SSSR count). The first-order valence-electron chi connectivity index (χ1n) is 3.30. The molecule has 0 atom stereocenters. The lowest BCUT2D eigenvalue weighted by Gasteiger charge is -1.96. The van der Waals surface area contributed by atoms with Crippen molar-refractivity contribution in [3.63, 3.8) is 0 Å². The molecule has 0 fully saturated rings. The average molecular weight is 142 g/mol. The van der Waals surface area contributed by atoms with Gasteiger partial charge in [0.25, 0.3) is 0 Å². The van der Waals surface area contributed by atoms with Crippen LogP contribution in [-0.2, 0) is 6.54 Å². The predicted octanol–water partition coefficient (Wildman–Crippen LogP) is 1.43. The first-order valence-corrected chi connectivity index (χ1v) is 3.30. The third-order valence-corrected chi connectivity index (χ3v) is 1.32. The predicted molar refractivity (Wildman–Crippen MR) is 39.4 cm³/mol. The standard InChI is InChI=1S/C7H11FN2/c8-3-1-4-10-5-2-7(9)6-10/h2,5-6H,1,3-4,9H2. The molecule has 1 aromatic rings. The Hall–Kier alpha value is -0.990. The lowest BCUT2D eigenvalue weighted by molar-refractivity contribution is 0.447. The number of alkyl halides is 1. The number of anilines is 1. The van der Waals surface area contributed by atoms with Crippen LogP contribution in [0.2, 0.25) is 0 Å². The average Bonchev–Trinajstić information content (AvgIpc) is 2.31. The fourth-order valence-electron chi connectivity index (χ4n) is 0.841. The molecule has 1 aromatic heterocycles. The van der Waals surface area contributed by atoms with Gasteiger partial charge in [0.1, 0.15) is 0 Å². The van der Waals surface area contributed by atoms with Crippen molar-refractivity contribution in [1.82, 2.24) is 4.57 Å². The van der Waals surface area contributed by atoms with E-state index in [-0.39, 0.29) is 6.67 Å². The minimum Gasteiger partial charge on any atom is -0.398 e. The molecule has 0 radical (unpaired) electrons. The van der Waals surface area contributed by atoms with Crippen molar-refractivity contribution in [2.24, 2.45) is 0 Å². The highest BCUT2D eigenvalue weighted by Gasteiger charge is 1.90. The maximum absolute atomic E-state index is 11.6. The van der Waals surface area contributed by atoms with Gasteiger partial charge < -0.3 is 10.3 Å². The van der Waals surface area contributed by atoms with E-state index in [9.17, 15) is 4.39 Å². The van der Waals surface area contributed by atoms with Crippen LogP contribution in [0.25, 0.3) is 0 Å². The molecule has 0 aromatic carbocycles. The Bertz CT molecular complexity index is 195. The number of rotatable bonds is 3. The largest absolute Gasteiger partial charge is 0.398 e. The molecule has 0 aliphatic carbocycles. The van der Waals surface area contributed by atoms with E-state index in [0.717, 1.165) is 5.69 Å². The summed E-state index contributed by atoms with van der Waals surface area (Å²) in [4.78, 5) is 0. The second-order valence-corrected chi connectivity index (χ2v) is 2.23. The summed E-state index contributed by atoms with van der Waals surface area (Å²) in [6.07, 6.45) is 4.22. The van der Waals surface area contributed by atoms with Gasteiger partial charge in [-0.05, 0) is 12.5 Å². The van der Waals surface area contributed by atoms with E-state index in [1.807, 2.05) is 10.8 Å². The summed E-state index contributed by atoms with van der Waals surface area (Å²) in [6, 6.07) is 1.80. The molecule has 0 aliphatic rings. The number of hydrogen-bond acceptors (Lipinski definition) is 1. The highest BCUT2D eigenvalue weighted by Crippen LogP contribution is 2.02. The van der Waals surface area contributed by atoms with Crippen LogP contribution in [-0.4, -0.2) is 11.2 Å². The van der Waals surface area contributed by atoms with Crippen molar-refractivity contribution in [1.29, 1.82) is 0 Å². The SMILES string of the molecule is Nc1ccn(CCCF)c1. The molecule has 3 heteroatoms. The topological polar surface area (TPSA) is 30.9 Å². The molecule has 0 amide bonds. The summed E-state index contributed by atoms with van der Waals surface area (Å²) >= 11 is 0. The second-order valence-electron chi connectivity index (χ2n) is 2.23. The highest BCUT2D eigenvalue weighted by atomic mass is 19.1. The third kappa shape index (κ3) is 1.76. The van der Waals surface area contributed by atoms with E-state index >= 15 is 0 Å². The molecule has 0 saturated heterocycles. The lowest BCUT2D eigenvalue weighted by atomic mass is 10.5. The Balaban J connectivity index is 2.42. The summed E-state index contributed by atoms with van der Waals surface area (Å²) in [5.41, 5.74) is 6.17. The second kappa shape index (κ2) is 3.25. The molecule has 0 saturated carbocycles. The number of aryl methyl sites for hydroxylation is 1. The lowest BCUT2D eigenvalue weighted by Crippen LogP contribution is -1.94. The van der Waals surface area contributed by atoms with E-state index in [0.29, 0.717) is 13.0 Å². The van der Waals surface area contributed by atoms with Gasteiger partial charge in [0, 0.05) is 24.6 Å². The van der Waals surface area contributed by atoms with Crippen LogP contribution >= 0.6 is 0 Å². The van der Waals surface area contributed by atoms with Gasteiger partial charge in [0.05, 0.1) is 6.67 Å². The maximum atomic E-state index is 11.6. The van der Waals surface area contributed by atoms with E-state index in [1.165, 1.54) is 0 Å². The molecule has 2 nitrogen and oxygen atoms in total. The minimum absolute atomic E-state index is 0.266. The minimum atomic E-state index is -0.266. The molecular formula is C7H11FN2. The normalized spacial score (nSPS) is 10.1. The van der Waals surface area contributed by atoms with Crippen LogP contribution in [0.15, 0.2) is 18.5 Å². The van der Waals surface area contributed by atoms with E-state index < -0.39 is 0 Å². The first-order chi connectivity index (χ1) is 4.83. The summed E-state index contributed by atoms with van der Waals surface area (Å²) in [6.45, 7) is 0.450. The van der Waals surface area contributed by atoms with Crippen molar-refractivity contribution < 1.29 is 4.39 Å². The molecule has 56 valence electrons. The number of nitrogens with two attached hydrogens (primary N) is 1. The smallest absolute Gasteiger partial charge is 0.0911 e. The molecule has 1 heterocycles. The van der Waals surface area contributed by atoms with Gasteiger partial charge in [0.15, 0.2) is 0 Å². The molecule has 2 N–H and O–H groups in total. The molecule has 0 aliphatic heterocycles. The van der Waals surface area contributed by atoms with Crippen LogP contribution in [0.5, 0.6) is 0 Å². The number of nitrogen functional groups attached to an aromatic ring is 1. The van der Waals surface area contributed by atoms with Gasteiger partial charge >= 0.3 is 0 Å². The molecule has 0 spiro atoms. The van der Waals surface area contributed by atoms with Crippen molar-refractivity contribution in [3.8, 4) is 0 Å². The Morgan fingerprint density at radius 3 is 2.90 bits per heavy atom. The van der Waals surface area contributed by atoms with Crippen LogP contribution in [0, 0.1) is 0 Å². The monoisotopic (exact) mass is 142 g/mol. The highest BCUT2D eigenvalue weighted by molar-refractivity contribution is 5.34. The summed E-state index contributed by atoms with van der Waals surface area (Å²) < 4.78 is 13.5. The number of nitrogens with zero attached hydrogens (tertiary/aromatic N) is 1. The first kappa shape index (κ1) is 7.12. The van der Waals surface area contributed by atoms with Crippen molar-refractivity contribution in [2.75, 3.05) is 12.4 Å². The van der Waals surface area contributed by atoms with Crippen LogP contribution in [0.4, 0.5) is 10.1 Å². The molecular weight excluding hydrogens is 131 g/mol. The van der Waals surface area contributed by atoms with Crippen molar-refractivity contribution >= 4 is 5.69 Å². The fourth-order valence-corrected chi connectivity index (χ4v) is 0.841. The van der Waals surface area contributed by atoms with Crippen molar-refractivity contribution in [3.05, 3.63) is 18.5 Å². The van der Waals surface area contributed by atoms with E-state index in [2.05, 4.69) is 0 Å². The van der Waals surface area contributed by atoms with Crippen LogP contribution < -0.4 is 5.73 Å². The molecule has 0 bridgehead atoms. The van der Waals surface area contributed by atoms with Gasteiger partial charge in [-0.1, -0.05) is 0 Å². The summed E-state index contributed by atoms with van der Waals surface area (Å²) in [5, 5.41) is 0. The number of halogens is 1. The van der Waals surface area contributed by atoms with E-state index in [4.69, 9.17) is 5.73 Å². The zero-order valence-electron chi connectivity index (χ0n) is 5.76. The summed E-state index contributed by atoms with van der Waals surface area (Å²) in [7, 11) is 0. The Labute approximate surface area is 59.5 Å². The Kier molecular flexibility index (Phi) is 2.31. The van der Waals surface area contributed by atoms with Gasteiger partial charge in [-0.3, -0.25) is 4.39 Å². The Morgan fingerprint density at radius 2 is 2.40 bits per heavy atom. The number of aromatic nitrogens is 1. The molecule has 10 heavy (non-hydrogen) atoms. The zero-order chi connectivity index (χ0) is 7.40. The van der Waals surface area contributed by atoms with Gasteiger partial charge in [-0.25, -0.2) is 0 Å². The number of hydrogen-bond donors (Lipinski definition) is 1.